The zero-order chi connectivity index (χ0) is 17.5. The first-order chi connectivity index (χ1) is 11.5. The summed E-state index contributed by atoms with van der Waals surface area (Å²) in [5.74, 6) is -0.0475. The molecule has 0 aromatic heterocycles. The van der Waals surface area contributed by atoms with Crippen LogP contribution in [0.3, 0.4) is 0 Å². The third-order valence-electron chi connectivity index (χ3n) is 3.61. The van der Waals surface area contributed by atoms with E-state index >= 15 is 0 Å². The van der Waals surface area contributed by atoms with Crippen LogP contribution in [0.25, 0.3) is 0 Å². The summed E-state index contributed by atoms with van der Waals surface area (Å²) in [5.41, 5.74) is 3.22. The Hall–Kier alpha value is -2.64. The minimum absolute atomic E-state index is 0.0475. The predicted octanol–water partition coefficient (Wildman–Crippen LogP) is 3.76. The van der Waals surface area contributed by atoms with Crippen LogP contribution in [-0.4, -0.2) is 24.0 Å². The van der Waals surface area contributed by atoms with Crippen molar-refractivity contribution in [1.29, 1.82) is 5.26 Å². The summed E-state index contributed by atoms with van der Waals surface area (Å²) < 4.78 is 5.55. The SMILES string of the molecule is CC(C)OCc1ccc(C(=O)N(C)Cc2cccc(C#N)c2)cc1. The topological polar surface area (TPSA) is 53.3 Å². The molecule has 0 aliphatic heterocycles. The second kappa shape index (κ2) is 8.28. The smallest absolute Gasteiger partial charge is 0.253 e. The van der Waals surface area contributed by atoms with Gasteiger partial charge in [0.15, 0.2) is 0 Å². The van der Waals surface area contributed by atoms with Crippen molar-refractivity contribution in [3.05, 3.63) is 70.8 Å². The van der Waals surface area contributed by atoms with E-state index in [1.54, 1.807) is 24.1 Å². The Balaban J connectivity index is 2.01. The molecule has 0 heterocycles. The van der Waals surface area contributed by atoms with Crippen LogP contribution in [-0.2, 0) is 17.9 Å². The summed E-state index contributed by atoms with van der Waals surface area (Å²) in [6.07, 6.45) is 0.182. The van der Waals surface area contributed by atoms with Gasteiger partial charge in [-0.3, -0.25) is 4.79 Å². The van der Waals surface area contributed by atoms with Gasteiger partial charge in [0, 0.05) is 19.2 Å². The van der Waals surface area contributed by atoms with E-state index < -0.39 is 0 Å². The monoisotopic (exact) mass is 322 g/mol. The molecule has 4 nitrogen and oxygen atoms in total. The Kier molecular flexibility index (Phi) is 6.11. The molecule has 0 saturated heterocycles. The van der Waals surface area contributed by atoms with Gasteiger partial charge in [-0.2, -0.15) is 5.26 Å². The Bertz CT molecular complexity index is 730. The molecular weight excluding hydrogens is 300 g/mol. The molecule has 0 atom stereocenters. The van der Waals surface area contributed by atoms with E-state index in [0.717, 1.165) is 11.1 Å². The zero-order valence-corrected chi connectivity index (χ0v) is 14.3. The zero-order valence-electron chi connectivity index (χ0n) is 14.3. The number of ether oxygens (including phenoxy) is 1. The maximum Gasteiger partial charge on any atom is 0.253 e. The molecule has 0 bridgehead atoms. The largest absolute Gasteiger partial charge is 0.374 e. The van der Waals surface area contributed by atoms with E-state index in [4.69, 9.17) is 10.00 Å². The van der Waals surface area contributed by atoms with Crippen molar-refractivity contribution in [3.63, 3.8) is 0 Å². The van der Waals surface area contributed by atoms with Crippen LogP contribution in [0.1, 0.15) is 40.9 Å². The molecule has 4 heteroatoms. The van der Waals surface area contributed by atoms with Crippen molar-refractivity contribution in [2.45, 2.75) is 33.1 Å². The lowest BCUT2D eigenvalue weighted by Crippen LogP contribution is -2.26. The predicted molar refractivity (Wildman–Crippen MR) is 93.3 cm³/mol. The fraction of sp³-hybridized carbons (Fsp3) is 0.300. The van der Waals surface area contributed by atoms with Gasteiger partial charge in [0.25, 0.3) is 5.91 Å². The van der Waals surface area contributed by atoms with Gasteiger partial charge in [-0.05, 0) is 49.2 Å². The maximum atomic E-state index is 12.5. The van der Waals surface area contributed by atoms with Crippen molar-refractivity contribution in [2.75, 3.05) is 7.05 Å². The van der Waals surface area contributed by atoms with E-state index in [1.807, 2.05) is 50.2 Å². The van der Waals surface area contributed by atoms with Crippen molar-refractivity contribution in [3.8, 4) is 6.07 Å². The third kappa shape index (κ3) is 4.94. The molecule has 0 aliphatic carbocycles. The average molecular weight is 322 g/mol. The van der Waals surface area contributed by atoms with Crippen LogP contribution in [0.15, 0.2) is 48.5 Å². The Labute approximate surface area is 143 Å². The second-order valence-corrected chi connectivity index (χ2v) is 6.03. The van der Waals surface area contributed by atoms with Gasteiger partial charge >= 0.3 is 0 Å². The number of nitrogens with zero attached hydrogens (tertiary/aromatic N) is 2. The van der Waals surface area contributed by atoms with Gasteiger partial charge in [-0.15, -0.1) is 0 Å². The van der Waals surface area contributed by atoms with Crippen LogP contribution in [0, 0.1) is 11.3 Å². The molecule has 24 heavy (non-hydrogen) atoms. The molecule has 2 aromatic rings. The number of hydrogen-bond acceptors (Lipinski definition) is 3. The van der Waals surface area contributed by atoms with Gasteiger partial charge in [-0.25, -0.2) is 0 Å². The number of carbonyl (C=O) groups is 1. The summed E-state index contributed by atoms with van der Waals surface area (Å²) in [6.45, 7) is 5.00. The molecule has 0 fully saturated rings. The van der Waals surface area contributed by atoms with Crippen LogP contribution >= 0.6 is 0 Å². The third-order valence-corrected chi connectivity index (χ3v) is 3.61. The van der Waals surface area contributed by atoms with E-state index in [9.17, 15) is 4.79 Å². The summed E-state index contributed by atoms with van der Waals surface area (Å²) >= 11 is 0. The summed E-state index contributed by atoms with van der Waals surface area (Å²) in [7, 11) is 1.76. The molecule has 0 saturated carbocycles. The van der Waals surface area contributed by atoms with E-state index in [1.165, 1.54) is 0 Å². The molecule has 2 rings (SSSR count). The molecule has 2 aromatic carbocycles. The van der Waals surface area contributed by atoms with Gasteiger partial charge in [0.1, 0.15) is 0 Å². The first-order valence-corrected chi connectivity index (χ1v) is 7.94. The van der Waals surface area contributed by atoms with E-state index in [-0.39, 0.29) is 12.0 Å². The fourth-order valence-electron chi connectivity index (χ4n) is 2.31. The number of carbonyl (C=O) groups excluding carboxylic acids is 1. The lowest BCUT2D eigenvalue weighted by molar-refractivity contribution is 0.0656. The fourth-order valence-corrected chi connectivity index (χ4v) is 2.31. The first kappa shape index (κ1) is 17.7. The Morgan fingerprint density at radius 2 is 1.88 bits per heavy atom. The average Bonchev–Trinajstić information content (AvgIpc) is 2.59. The molecular formula is C20H22N2O2. The first-order valence-electron chi connectivity index (χ1n) is 7.94. The van der Waals surface area contributed by atoms with Crippen molar-refractivity contribution in [1.82, 2.24) is 4.90 Å². The minimum atomic E-state index is -0.0475. The molecule has 0 N–H and O–H groups in total. The number of rotatable bonds is 6. The number of nitriles is 1. The normalized spacial score (nSPS) is 10.5. The Morgan fingerprint density at radius 3 is 2.50 bits per heavy atom. The summed E-state index contributed by atoms with van der Waals surface area (Å²) in [5, 5.41) is 8.95. The molecule has 0 unspecified atom stereocenters. The standard InChI is InChI=1S/C20H22N2O2/c1-15(2)24-14-16-7-9-19(10-8-16)20(23)22(3)13-18-6-4-5-17(11-18)12-21/h4-11,15H,13-14H2,1-3H3. The van der Waals surface area contributed by atoms with Gasteiger partial charge in [0.05, 0.1) is 24.3 Å². The summed E-state index contributed by atoms with van der Waals surface area (Å²) in [4.78, 5) is 14.2. The number of benzene rings is 2. The minimum Gasteiger partial charge on any atom is -0.374 e. The van der Waals surface area contributed by atoms with Crippen LogP contribution in [0.4, 0.5) is 0 Å². The van der Waals surface area contributed by atoms with E-state index in [0.29, 0.717) is 24.3 Å². The van der Waals surface area contributed by atoms with Crippen LogP contribution in [0.5, 0.6) is 0 Å². The molecule has 0 aliphatic rings. The lowest BCUT2D eigenvalue weighted by Gasteiger charge is -2.18. The lowest BCUT2D eigenvalue weighted by atomic mass is 10.1. The van der Waals surface area contributed by atoms with Gasteiger partial charge in [0.2, 0.25) is 0 Å². The summed E-state index contributed by atoms with van der Waals surface area (Å²) in [6, 6.07) is 16.9. The van der Waals surface area contributed by atoms with Crippen LogP contribution < -0.4 is 0 Å². The number of hydrogen-bond donors (Lipinski definition) is 0. The molecule has 124 valence electrons. The second-order valence-electron chi connectivity index (χ2n) is 6.03. The van der Waals surface area contributed by atoms with Crippen LogP contribution in [0.2, 0.25) is 0 Å². The Morgan fingerprint density at radius 1 is 1.17 bits per heavy atom. The van der Waals surface area contributed by atoms with Crippen molar-refractivity contribution >= 4 is 5.91 Å². The van der Waals surface area contributed by atoms with E-state index in [2.05, 4.69) is 6.07 Å². The molecule has 0 spiro atoms. The van der Waals surface area contributed by atoms with Crippen molar-refractivity contribution in [2.24, 2.45) is 0 Å². The maximum absolute atomic E-state index is 12.5. The molecule has 0 radical (unpaired) electrons. The van der Waals surface area contributed by atoms with Crippen molar-refractivity contribution < 1.29 is 9.53 Å². The highest BCUT2D eigenvalue weighted by molar-refractivity contribution is 5.94. The number of amides is 1. The quantitative estimate of drug-likeness (QED) is 0.814. The highest BCUT2D eigenvalue weighted by Gasteiger charge is 2.12. The van der Waals surface area contributed by atoms with Gasteiger partial charge < -0.3 is 9.64 Å². The molecule has 1 amide bonds. The van der Waals surface area contributed by atoms with Gasteiger partial charge in [-0.1, -0.05) is 24.3 Å². The highest BCUT2D eigenvalue weighted by Crippen LogP contribution is 2.12. The highest BCUT2D eigenvalue weighted by atomic mass is 16.5.